The lowest BCUT2D eigenvalue weighted by Gasteiger charge is -2.29. The van der Waals surface area contributed by atoms with Gasteiger partial charge in [-0.15, -0.1) is 5.10 Å². The molecule has 2 fully saturated rings. The Morgan fingerprint density at radius 1 is 1.21 bits per heavy atom. The molecule has 1 amide bonds. The average Bonchev–Trinajstić information content (AvgIpc) is 3.70. The Kier molecular flexibility index (Phi) is 6.65. The van der Waals surface area contributed by atoms with Gasteiger partial charge >= 0.3 is 0 Å². The number of alkyl halides is 1. The lowest BCUT2D eigenvalue weighted by Crippen LogP contribution is -2.46. The predicted molar refractivity (Wildman–Crippen MR) is 147 cm³/mol. The van der Waals surface area contributed by atoms with E-state index in [1.807, 2.05) is 30.5 Å². The van der Waals surface area contributed by atoms with Gasteiger partial charge in [0.2, 0.25) is 11.9 Å². The number of fused-ring (bicyclic) bond motifs is 1. The maximum absolute atomic E-state index is 14.5. The van der Waals surface area contributed by atoms with E-state index < -0.39 is 12.2 Å². The van der Waals surface area contributed by atoms with Gasteiger partial charge in [0.1, 0.15) is 11.9 Å². The summed E-state index contributed by atoms with van der Waals surface area (Å²) in [4.78, 5) is 30.0. The highest BCUT2D eigenvalue weighted by molar-refractivity contribution is 6.06. The predicted octanol–water partition coefficient (Wildman–Crippen LogP) is 3.17. The van der Waals surface area contributed by atoms with Crippen LogP contribution >= 0.6 is 0 Å². The number of halogens is 1. The number of benzene rings is 1. The Hall–Kier alpha value is -4.03. The summed E-state index contributed by atoms with van der Waals surface area (Å²) in [6.07, 6.45) is 5.51. The van der Waals surface area contributed by atoms with Crippen LogP contribution in [-0.4, -0.2) is 92.5 Å². The summed E-state index contributed by atoms with van der Waals surface area (Å²) in [5, 5.41) is 11.4. The molecule has 4 aromatic rings. The van der Waals surface area contributed by atoms with Crippen molar-refractivity contribution < 1.29 is 13.9 Å². The van der Waals surface area contributed by atoms with Crippen LogP contribution in [0, 0.1) is 0 Å². The number of carbonyl (C=O) groups excluding carboxylic acids is 1. The molecule has 0 bridgehead atoms. The van der Waals surface area contributed by atoms with Gasteiger partial charge in [0.25, 0.3) is 5.88 Å². The molecule has 39 heavy (non-hydrogen) atoms. The molecule has 0 aliphatic carbocycles. The van der Waals surface area contributed by atoms with Crippen LogP contribution in [0.5, 0.6) is 5.88 Å². The van der Waals surface area contributed by atoms with Gasteiger partial charge in [-0.2, -0.15) is 0 Å². The van der Waals surface area contributed by atoms with E-state index in [4.69, 9.17) is 9.72 Å². The van der Waals surface area contributed by atoms with E-state index in [9.17, 15) is 9.18 Å². The number of carbonyl (C=O) groups is 1. The van der Waals surface area contributed by atoms with Crippen molar-refractivity contribution in [1.82, 2.24) is 34.5 Å². The highest BCUT2D eigenvalue weighted by Gasteiger charge is 2.42. The van der Waals surface area contributed by atoms with Crippen LogP contribution in [0.25, 0.3) is 22.2 Å². The van der Waals surface area contributed by atoms with E-state index in [1.165, 1.54) is 0 Å². The third-order valence-electron chi connectivity index (χ3n) is 7.57. The van der Waals surface area contributed by atoms with E-state index in [0.29, 0.717) is 35.4 Å². The molecule has 6 rings (SSSR count). The van der Waals surface area contributed by atoms with Gasteiger partial charge in [-0.1, -0.05) is 12.1 Å². The number of anilines is 3. The first-order chi connectivity index (χ1) is 18.9. The maximum atomic E-state index is 14.5. The molecule has 12 heteroatoms. The number of methoxy groups -OCH3 is 1. The molecule has 0 radical (unpaired) electrons. The van der Waals surface area contributed by atoms with Crippen molar-refractivity contribution in [3.05, 3.63) is 42.9 Å². The summed E-state index contributed by atoms with van der Waals surface area (Å²) >= 11 is 0. The van der Waals surface area contributed by atoms with E-state index in [2.05, 4.69) is 42.5 Å². The number of nitrogens with one attached hydrogen (secondary N) is 3. The van der Waals surface area contributed by atoms with Crippen LogP contribution < -0.4 is 15.4 Å². The number of nitrogens with zero attached hydrogens (tertiary/aromatic N) is 6. The van der Waals surface area contributed by atoms with Crippen molar-refractivity contribution in [2.45, 2.75) is 31.1 Å². The highest BCUT2D eigenvalue weighted by Crippen LogP contribution is 2.34. The fraction of sp³-hybridized carbons (Fsp3) is 0.407. The van der Waals surface area contributed by atoms with Gasteiger partial charge in [-0.25, -0.2) is 14.4 Å². The third-order valence-corrected chi connectivity index (χ3v) is 7.57. The van der Waals surface area contributed by atoms with Crippen LogP contribution in [-0.2, 0) is 11.8 Å². The number of aryl methyl sites for hydroxylation is 1. The van der Waals surface area contributed by atoms with Gasteiger partial charge in [0, 0.05) is 55.9 Å². The summed E-state index contributed by atoms with van der Waals surface area (Å²) in [6, 6.07) is 7.28. The summed E-state index contributed by atoms with van der Waals surface area (Å²) in [6.45, 7) is 2.13. The normalized spacial score (nSPS) is 22.0. The number of hydrogen-bond donors (Lipinski definition) is 3. The largest absolute Gasteiger partial charge is 0.478 e. The molecule has 5 heterocycles. The quantitative estimate of drug-likeness (QED) is 0.332. The fourth-order valence-corrected chi connectivity index (χ4v) is 5.73. The zero-order valence-electron chi connectivity index (χ0n) is 22.2. The van der Waals surface area contributed by atoms with E-state index in [0.717, 1.165) is 36.0 Å². The first kappa shape index (κ1) is 25.3. The molecule has 1 unspecified atom stereocenters. The molecule has 204 valence electrons. The van der Waals surface area contributed by atoms with Crippen LogP contribution in [0.1, 0.15) is 12.8 Å². The number of rotatable bonds is 7. The minimum atomic E-state index is -0.994. The molecule has 3 atom stereocenters. The summed E-state index contributed by atoms with van der Waals surface area (Å²) in [7, 11) is 5.43. The van der Waals surface area contributed by atoms with E-state index >= 15 is 0 Å². The second kappa shape index (κ2) is 10.3. The SMILES string of the molecule is COc1nn(C)cc1Nc1nccc(-c2c[nH]c3c(NC(=O)[C@H]4C[C@H](F)CN4C4CCN(C)C4)cccc23)n1. The Morgan fingerprint density at radius 3 is 2.87 bits per heavy atom. The second-order valence-corrected chi connectivity index (χ2v) is 10.3. The molecule has 3 aromatic heterocycles. The number of likely N-dealkylation sites (N-methyl/N-ethyl adjacent to an activating group) is 1. The van der Waals surface area contributed by atoms with Crippen molar-refractivity contribution in [3.63, 3.8) is 0 Å². The molecular weight excluding hydrogens is 501 g/mol. The number of hydrogen-bond acceptors (Lipinski definition) is 8. The summed E-state index contributed by atoms with van der Waals surface area (Å²) < 4.78 is 21.4. The van der Waals surface area contributed by atoms with Crippen LogP contribution in [0.3, 0.4) is 0 Å². The maximum Gasteiger partial charge on any atom is 0.256 e. The Bertz CT molecular complexity index is 1500. The minimum Gasteiger partial charge on any atom is -0.478 e. The van der Waals surface area contributed by atoms with Gasteiger partial charge in [0.15, 0.2) is 0 Å². The molecule has 2 aliphatic rings. The zero-order valence-corrected chi connectivity index (χ0v) is 22.2. The topological polar surface area (TPSA) is 116 Å². The Labute approximate surface area is 225 Å². The number of ether oxygens (including phenoxy) is 1. The zero-order chi connectivity index (χ0) is 27.1. The van der Waals surface area contributed by atoms with Gasteiger partial charge < -0.3 is 25.3 Å². The molecule has 0 spiro atoms. The van der Waals surface area contributed by atoms with Crippen molar-refractivity contribution in [2.75, 3.05) is 44.4 Å². The van der Waals surface area contributed by atoms with Crippen molar-refractivity contribution in [2.24, 2.45) is 7.05 Å². The lowest BCUT2D eigenvalue weighted by atomic mass is 10.1. The first-order valence-corrected chi connectivity index (χ1v) is 13.1. The van der Waals surface area contributed by atoms with Gasteiger partial charge in [-0.3, -0.25) is 14.4 Å². The molecule has 1 aromatic carbocycles. The molecule has 2 aliphatic heterocycles. The first-order valence-electron chi connectivity index (χ1n) is 13.1. The molecule has 2 saturated heterocycles. The fourth-order valence-electron chi connectivity index (χ4n) is 5.73. The van der Waals surface area contributed by atoms with E-state index in [-0.39, 0.29) is 18.4 Å². The van der Waals surface area contributed by atoms with Crippen LogP contribution in [0.2, 0.25) is 0 Å². The monoisotopic (exact) mass is 533 g/mol. The number of H-pyrrole nitrogens is 1. The number of aromatic nitrogens is 5. The number of aromatic amines is 1. The molecular formula is C27H32FN9O2. The second-order valence-electron chi connectivity index (χ2n) is 10.3. The van der Waals surface area contributed by atoms with E-state index in [1.54, 1.807) is 31.2 Å². The highest BCUT2D eigenvalue weighted by atomic mass is 19.1. The minimum absolute atomic E-state index is 0.174. The number of para-hydroxylation sites is 1. The molecule has 0 saturated carbocycles. The van der Waals surface area contributed by atoms with Gasteiger partial charge in [-0.05, 0) is 32.1 Å². The van der Waals surface area contributed by atoms with Crippen molar-refractivity contribution >= 4 is 34.1 Å². The number of likely N-dealkylation sites (tertiary alicyclic amines) is 2. The Balaban J connectivity index is 1.24. The average molecular weight is 534 g/mol. The smallest absolute Gasteiger partial charge is 0.256 e. The summed E-state index contributed by atoms with van der Waals surface area (Å²) in [5.74, 6) is 0.670. The molecule has 11 nitrogen and oxygen atoms in total. The van der Waals surface area contributed by atoms with Crippen LogP contribution in [0.15, 0.2) is 42.9 Å². The standard InChI is InChI=1S/C27H32FN9O2/c1-35-10-8-17(14-35)37-13-16(28)11-23(37)25(38)31-21-6-4-5-18-19(12-30-24(18)21)20-7-9-29-27(32-20)33-22-15-36(2)34-26(22)39-3/h4-7,9,12,15-17,23,30H,8,10-11,13-14H2,1-3H3,(H,31,38)(H,29,32,33)/t16-,17?,23+/m0/s1. The lowest BCUT2D eigenvalue weighted by molar-refractivity contribution is -0.121. The number of amides is 1. The van der Waals surface area contributed by atoms with Crippen molar-refractivity contribution in [3.8, 4) is 17.1 Å². The molecule has 3 N–H and O–H groups in total. The third kappa shape index (κ3) is 4.92. The van der Waals surface area contributed by atoms with Crippen molar-refractivity contribution in [1.29, 1.82) is 0 Å². The Morgan fingerprint density at radius 2 is 2.08 bits per heavy atom. The summed E-state index contributed by atoms with van der Waals surface area (Å²) in [5.41, 5.74) is 3.66. The van der Waals surface area contributed by atoms with Crippen LogP contribution in [0.4, 0.5) is 21.7 Å². The van der Waals surface area contributed by atoms with Gasteiger partial charge in [0.05, 0.1) is 36.2 Å².